The Bertz CT molecular complexity index is 915. The Balaban J connectivity index is 1.16. The van der Waals surface area contributed by atoms with Crippen LogP contribution in [0.25, 0.3) is 0 Å². The Hall–Kier alpha value is -2.65. The molecule has 0 radical (unpaired) electrons. The lowest BCUT2D eigenvalue weighted by Crippen LogP contribution is -2.40. The number of anilines is 1. The summed E-state index contributed by atoms with van der Waals surface area (Å²) in [7, 11) is 0. The van der Waals surface area contributed by atoms with Crippen LogP contribution in [0, 0.1) is 18.8 Å². The molecule has 4 saturated heterocycles. The van der Waals surface area contributed by atoms with Crippen LogP contribution in [-0.2, 0) is 21.0 Å². The highest BCUT2D eigenvalue weighted by atomic mass is 16.7. The van der Waals surface area contributed by atoms with Gasteiger partial charge in [0, 0.05) is 70.4 Å². The lowest BCUT2D eigenvalue weighted by molar-refractivity contribution is -0.173. The minimum absolute atomic E-state index is 0.109. The van der Waals surface area contributed by atoms with Crippen molar-refractivity contribution in [3.63, 3.8) is 0 Å². The number of imide groups is 1. The van der Waals surface area contributed by atoms with E-state index in [0.717, 1.165) is 45.6 Å². The summed E-state index contributed by atoms with van der Waals surface area (Å²) in [6, 6.07) is 6.91. The number of hydrogen-bond acceptors (Lipinski definition) is 7. The third kappa shape index (κ3) is 4.44. The largest absolute Gasteiger partial charge is 0.434 e. The van der Waals surface area contributed by atoms with Crippen LogP contribution in [0.1, 0.15) is 36.8 Å². The van der Waals surface area contributed by atoms with Gasteiger partial charge in [0.05, 0.1) is 0 Å². The van der Waals surface area contributed by atoms with Crippen molar-refractivity contribution in [2.24, 2.45) is 17.6 Å². The van der Waals surface area contributed by atoms with Gasteiger partial charge in [0.25, 0.3) is 11.8 Å². The maximum atomic E-state index is 12.5. The number of carbonyl (C=O) groups is 3. The molecule has 2 unspecified atom stereocenters. The molecule has 3 amide bonds. The van der Waals surface area contributed by atoms with Crippen molar-refractivity contribution in [2.45, 2.75) is 45.2 Å². The Morgan fingerprint density at radius 2 is 1.67 bits per heavy atom. The fourth-order valence-corrected chi connectivity index (χ4v) is 5.73. The molecular weight excluding hydrogens is 422 g/mol. The summed E-state index contributed by atoms with van der Waals surface area (Å²) in [6.45, 7) is 8.21. The second-order valence-corrected chi connectivity index (χ2v) is 9.94. The molecule has 178 valence electrons. The number of carbonyl (C=O) groups excluding carboxylic acids is 3. The van der Waals surface area contributed by atoms with Gasteiger partial charge in [0.2, 0.25) is 0 Å². The molecule has 5 rings (SSSR count). The summed E-state index contributed by atoms with van der Waals surface area (Å²) in [4.78, 5) is 47.6. The highest BCUT2D eigenvalue weighted by Crippen LogP contribution is 2.34. The zero-order valence-corrected chi connectivity index (χ0v) is 19.2. The van der Waals surface area contributed by atoms with Gasteiger partial charge in [0.1, 0.15) is 0 Å². The average molecular weight is 456 g/mol. The summed E-state index contributed by atoms with van der Waals surface area (Å²) in [5, 5.41) is 0.633. The lowest BCUT2D eigenvalue weighted by atomic mass is 10.0. The number of piperidine rings is 1. The first-order chi connectivity index (χ1) is 15.9. The van der Waals surface area contributed by atoms with E-state index >= 15 is 0 Å². The van der Waals surface area contributed by atoms with Crippen molar-refractivity contribution < 1.29 is 19.2 Å². The first-order valence-electron chi connectivity index (χ1n) is 12.0. The first kappa shape index (κ1) is 22.2. The van der Waals surface area contributed by atoms with Crippen LogP contribution >= 0.6 is 0 Å². The maximum absolute atomic E-state index is 12.5. The van der Waals surface area contributed by atoms with Crippen LogP contribution in [-0.4, -0.2) is 78.1 Å². The number of likely N-dealkylation sites (tertiary alicyclic amines) is 2. The monoisotopic (exact) mass is 455 g/mol. The van der Waals surface area contributed by atoms with E-state index in [2.05, 4.69) is 34.9 Å². The Morgan fingerprint density at radius 1 is 1.03 bits per heavy atom. The van der Waals surface area contributed by atoms with Crippen LogP contribution in [0.2, 0.25) is 0 Å². The second kappa shape index (κ2) is 8.95. The van der Waals surface area contributed by atoms with Gasteiger partial charge < -0.3 is 20.4 Å². The minimum atomic E-state index is -0.593. The molecule has 4 aliphatic rings. The number of nitrogens with zero attached hydrogens (tertiary/aromatic N) is 4. The van der Waals surface area contributed by atoms with E-state index in [1.54, 1.807) is 4.90 Å². The molecule has 0 aromatic heterocycles. The van der Waals surface area contributed by atoms with Gasteiger partial charge in [-0.15, -0.1) is 5.06 Å². The average Bonchev–Trinajstić information content (AvgIpc) is 3.45. The molecule has 2 atom stereocenters. The van der Waals surface area contributed by atoms with Crippen LogP contribution < -0.4 is 10.6 Å². The van der Waals surface area contributed by atoms with Gasteiger partial charge in [-0.2, -0.15) is 0 Å². The van der Waals surface area contributed by atoms with E-state index in [4.69, 9.17) is 10.6 Å². The maximum Gasteiger partial charge on any atom is 0.434 e. The van der Waals surface area contributed by atoms with Crippen molar-refractivity contribution in [3.05, 3.63) is 29.3 Å². The zero-order chi connectivity index (χ0) is 23.1. The van der Waals surface area contributed by atoms with Gasteiger partial charge in [-0.1, -0.05) is 12.1 Å². The topological polar surface area (TPSA) is 99.4 Å². The number of benzene rings is 1. The molecule has 0 bridgehead atoms. The smallest absolute Gasteiger partial charge is 0.371 e. The molecule has 4 heterocycles. The third-order valence-corrected chi connectivity index (χ3v) is 7.69. The molecule has 2 N–H and O–H groups in total. The number of hydrogen-bond donors (Lipinski definition) is 1. The third-order valence-electron chi connectivity index (χ3n) is 7.69. The SMILES string of the molecule is Cc1c(CN2CC3CN(C(=O)ON4C(=O)CCC4=O)CC3C2)cccc1N1CCC(N)CC1. The summed E-state index contributed by atoms with van der Waals surface area (Å²) in [5.41, 5.74) is 10.1. The molecule has 33 heavy (non-hydrogen) atoms. The molecule has 1 aromatic rings. The van der Waals surface area contributed by atoms with Gasteiger partial charge in [0.15, 0.2) is 0 Å². The summed E-state index contributed by atoms with van der Waals surface area (Å²) < 4.78 is 0. The molecule has 4 fully saturated rings. The van der Waals surface area contributed by atoms with Crippen molar-refractivity contribution >= 4 is 23.6 Å². The Labute approximate surface area is 194 Å². The van der Waals surface area contributed by atoms with E-state index in [0.29, 0.717) is 36.0 Å². The Kier molecular flexibility index (Phi) is 6.01. The van der Waals surface area contributed by atoms with Crippen molar-refractivity contribution in [3.8, 4) is 0 Å². The van der Waals surface area contributed by atoms with Gasteiger partial charge in [-0.05, 0) is 48.8 Å². The highest BCUT2D eigenvalue weighted by Gasteiger charge is 2.43. The standard InChI is InChI=1S/C24H33N5O4/c1-16-17(3-2-4-21(16)27-9-7-20(25)8-10-27)11-26-12-18-14-28(15-19(18)13-26)24(32)33-29-22(30)5-6-23(29)31/h2-4,18-20H,5-15,25H2,1H3. The number of hydroxylamine groups is 2. The number of amides is 3. The number of fused-ring (bicyclic) bond motifs is 1. The minimum Gasteiger partial charge on any atom is -0.371 e. The van der Waals surface area contributed by atoms with Crippen molar-refractivity contribution in [1.29, 1.82) is 0 Å². The first-order valence-corrected chi connectivity index (χ1v) is 12.0. The fraction of sp³-hybridized carbons (Fsp3) is 0.625. The highest BCUT2D eigenvalue weighted by molar-refractivity contribution is 6.01. The van der Waals surface area contributed by atoms with Gasteiger partial charge in [-0.25, -0.2) is 4.79 Å². The molecule has 0 aliphatic carbocycles. The Morgan fingerprint density at radius 3 is 2.30 bits per heavy atom. The molecule has 1 aromatic carbocycles. The van der Waals surface area contributed by atoms with E-state index in [1.165, 1.54) is 16.8 Å². The van der Waals surface area contributed by atoms with Crippen molar-refractivity contribution in [1.82, 2.24) is 14.9 Å². The van der Waals surface area contributed by atoms with Gasteiger partial charge in [-0.3, -0.25) is 14.5 Å². The second-order valence-electron chi connectivity index (χ2n) is 9.94. The predicted octanol–water partition coefficient (Wildman–Crippen LogP) is 1.49. The van der Waals surface area contributed by atoms with Crippen LogP contribution in [0.15, 0.2) is 18.2 Å². The molecule has 9 nitrogen and oxygen atoms in total. The molecule has 0 spiro atoms. The fourth-order valence-electron chi connectivity index (χ4n) is 5.73. The normalized spacial score (nSPS) is 26.4. The van der Waals surface area contributed by atoms with E-state index in [-0.39, 0.29) is 12.8 Å². The van der Waals surface area contributed by atoms with E-state index in [1.807, 2.05) is 0 Å². The van der Waals surface area contributed by atoms with Crippen LogP contribution in [0.5, 0.6) is 0 Å². The van der Waals surface area contributed by atoms with E-state index < -0.39 is 17.9 Å². The molecule has 0 saturated carbocycles. The lowest BCUT2D eigenvalue weighted by Gasteiger charge is -2.34. The number of rotatable bonds is 4. The van der Waals surface area contributed by atoms with E-state index in [9.17, 15) is 14.4 Å². The summed E-state index contributed by atoms with van der Waals surface area (Å²) in [6.07, 6.45) is 1.71. The molecular formula is C24H33N5O4. The van der Waals surface area contributed by atoms with Crippen LogP contribution in [0.4, 0.5) is 10.5 Å². The van der Waals surface area contributed by atoms with Crippen LogP contribution in [0.3, 0.4) is 0 Å². The molecule has 9 heteroatoms. The quantitative estimate of drug-likeness (QED) is 0.687. The zero-order valence-electron chi connectivity index (χ0n) is 19.2. The summed E-state index contributed by atoms with van der Waals surface area (Å²) >= 11 is 0. The van der Waals surface area contributed by atoms with Crippen molar-refractivity contribution in [2.75, 3.05) is 44.2 Å². The summed E-state index contributed by atoms with van der Waals surface area (Å²) in [5.74, 6) is -0.114. The van der Waals surface area contributed by atoms with Gasteiger partial charge >= 0.3 is 6.09 Å². The number of nitrogens with two attached hydrogens (primary N) is 1. The predicted molar refractivity (Wildman–Crippen MR) is 122 cm³/mol. The molecule has 4 aliphatic heterocycles.